The number of hydrogen-bond acceptors (Lipinski definition) is 3. The topological polar surface area (TPSA) is 47.6 Å². The second kappa shape index (κ2) is 5.08. The van der Waals surface area contributed by atoms with Gasteiger partial charge in [-0.15, -0.1) is 0 Å². The van der Waals surface area contributed by atoms with Crippen LogP contribution in [0, 0.1) is 5.92 Å². The molecular formula is C13H17NO3. The first kappa shape index (κ1) is 11.8. The number of anilines is 1. The van der Waals surface area contributed by atoms with Crippen LogP contribution in [0.2, 0.25) is 0 Å². The van der Waals surface area contributed by atoms with E-state index in [1.807, 2.05) is 6.07 Å². The molecule has 0 saturated carbocycles. The summed E-state index contributed by atoms with van der Waals surface area (Å²) in [5.41, 5.74) is 0.753. The van der Waals surface area contributed by atoms with Crippen LogP contribution in [0.3, 0.4) is 0 Å². The van der Waals surface area contributed by atoms with E-state index in [-0.39, 0.29) is 12.7 Å². The van der Waals surface area contributed by atoms with Gasteiger partial charge in [0.15, 0.2) is 11.5 Å². The minimum atomic E-state index is 0.0394. The van der Waals surface area contributed by atoms with Crippen molar-refractivity contribution in [2.75, 3.05) is 12.1 Å². The van der Waals surface area contributed by atoms with Crippen molar-refractivity contribution < 1.29 is 14.3 Å². The number of carbonyl (C=O) groups excluding carboxylic acids is 1. The summed E-state index contributed by atoms with van der Waals surface area (Å²) >= 11 is 0. The third-order valence-corrected chi connectivity index (χ3v) is 2.61. The van der Waals surface area contributed by atoms with E-state index >= 15 is 0 Å². The van der Waals surface area contributed by atoms with Crippen LogP contribution in [0.25, 0.3) is 0 Å². The Morgan fingerprint density at radius 3 is 2.88 bits per heavy atom. The molecule has 1 heterocycles. The number of fused-ring (bicyclic) bond motifs is 1. The summed E-state index contributed by atoms with van der Waals surface area (Å²) in [4.78, 5) is 11.6. The molecular weight excluding hydrogens is 218 g/mol. The van der Waals surface area contributed by atoms with Crippen molar-refractivity contribution >= 4 is 11.6 Å². The largest absolute Gasteiger partial charge is 0.454 e. The van der Waals surface area contributed by atoms with Crippen LogP contribution >= 0.6 is 0 Å². The van der Waals surface area contributed by atoms with E-state index < -0.39 is 0 Å². The van der Waals surface area contributed by atoms with Gasteiger partial charge < -0.3 is 14.8 Å². The number of ether oxygens (including phenoxy) is 2. The second-order valence-electron chi connectivity index (χ2n) is 4.55. The minimum Gasteiger partial charge on any atom is -0.454 e. The van der Waals surface area contributed by atoms with Crippen LogP contribution in [0.5, 0.6) is 11.5 Å². The van der Waals surface area contributed by atoms with Gasteiger partial charge in [0.25, 0.3) is 0 Å². The third-order valence-electron chi connectivity index (χ3n) is 2.61. The second-order valence-corrected chi connectivity index (χ2v) is 4.55. The SMILES string of the molecule is CC(C)CCC(=O)Nc1ccc2c(c1)OCO2. The van der Waals surface area contributed by atoms with Crippen molar-refractivity contribution in [2.45, 2.75) is 26.7 Å². The first-order valence-electron chi connectivity index (χ1n) is 5.84. The highest BCUT2D eigenvalue weighted by Gasteiger charge is 2.14. The molecule has 1 aromatic rings. The molecule has 0 atom stereocenters. The summed E-state index contributed by atoms with van der Waals surface area (Å²) in [6.07, 6.45) is 1.45. The number of rotatable bonds is 4. The van der Waals surface area contributed by atoms with Crippen molar-refractivity contribution in [3.05, 3.63) is 18.2 Å². The zero-order valence-corrected chi connectivity index (χ0v) is 10.2. The molecule has 0 unspecified atom stereocenters. The maximum absolute atomic E-state index is 11.6. The molecule has 1 aliphatic heterocycles. The fraction of sp³-hybridized carbons (Fsp3) is 0.462. The summed E-state index contributed by atoms with van der Waals surface area (Å²) in [6.45, 7) is 4.46. The zero-order chi connectivity index (χ0) is 12.3. The monoisotopic (exact) mass is 235 g/mol. The number of amides is 1. The molecule has 17 heavy (non-hydrogen) atoms. The first-order valence-corrected chi connectivity index (χ1v) is 5.84. The summed E-state index contributed by atoms with van der Waals surface area (Å²) in [6, 6.07) is 5.41. The molecule has 92 valence electrons. The molecule has 4 heteroatoms. The molecule has 0 radical (unpaired) electrons. The predicted octanol–water partition coefficient (Wildman–Crippen LogP) is 2.79. The van der Waals surface area contributed by atoms with Gasteiger partial charge in [-0.2, -0.15) is 0 Å². The molecule has 4 nitrogen and oxygen atoms in total. The molecule has 0 saturated heterocycles. The van der Waals surface area contributed by atoms with E-state index in [0.717, 1.165) is 17.9 Å². The quantitative estimate of drug-likeness (QED) is 0.872. The van der Waals surface area contributed by atoms with Crippen LogP contribution in [0.4, 0.5) is 5.69 Å². The number of hydrogen-bond donors (Lipinski definition) is 1. The van der Waals surface area contributed by atoms with Gasteiger partial charge >= 0.3 is 0 Å². The molecule has 0 aliphatic carbocycles. The summed E-state index contributed by atoms with van der Waals surface area (Å²) in [5, 5.41) is 2.85. The van der Waals surface area contributed by atoms with E-state index in [1.165, 1.54) is 0 Å². The molecule has 1 amide bonds. The van der Waals surface area contributed by atoms with Crippen LogP contribution < -0.4 is 14.8 Å². The lowest BCUT2D eigenvalue weighted by Gasteiger charge is -2.07. The first-order chi connectivity index (χ1) is 8.15. The van der Waals surface area contributed by atoms with Crippen LogP contribution in [0.15, 0.2) is 18.2 Å². The van der Waals surface area contributed by atoms with Crippen molar-refractivity contribution in [1.82, 2.24) is 0 Å². The van der Waals surface area contributed by atoms with E-state index in [4.69, 9.17) is 9.47 Å². The van der Waals surface area contributed by atoms with E-state index in [1.54, 1.807) is 12.1 Å². The maximum Gasteiger partial charge on any atom is 0.231 e. The Morgan fingerprint density at radius 1 is 1.35 bits per heavy atom. The summed E-state index contributed by atoms with van der Waals surface area (Å²) in [5.74, 6) is 1.99. The van der Waals surface area contributed by atoms with Gasteiger partial charge in [0, 0.05) is 18.2 Å². The Hall–Kier alpha value is -1.71. The van der Waals surface area contributed by atoms with Gasteiger partial charge in [0.05, 0.1) is 0 Å². The van der Waals surface area contributed by atoms with Crippen molar-refractivity contribution in [1.29, 1.82) is 0 Å². The van der Waals surface area contributed by atoms with Crippen molar-refractivity contribution in [3.63, 3.8) is 0 Å². The lowest BCUT2D eigenvalue weighted by atomic mass is 10.1. The van der Waals surface area contributed by atoms with Gasteiger partial charge in [0.1, 0.15) is 0 Å². The normalized spacial score (nSPS) is 12.9. The molecule has 0 aromatic heterocycles. The highest BCUT2D eigenvalue weighted by molar-refractivity contribution is 5.91. The van der Waals surface area contributed by atoms with Crippen LogP contribution in [-0.2, 0) is 4.79 Å². The number of benzene rings is 1. The molecule has 1 N–H and O–H groups in total. The highest BCUT2D eigenvalue weighted by Crippen LogP contribution is 2.34. The van der Waals surface area contributed by atoms with Gasteiger partial charge in [-0.3, -0.25) is 4.79 Å². The molecule has 1 aromatic carbocycles. The van der Waals surface area contributed by atoms with Crippen LogP contribution in [-0.4, -0.2) is 12.7 Å². The van der Waals surface area contributed by atoms with Gasteiger partial charge in [-0.05, 0) is 24.5 Å². The molecule has 0 spiro atoms. The standard InChI is InChI=1S/C13H17NO3/c1-9(2)3-6-13(15)14-10-4-5-11-12(7-10)17-8-16-11/h4-5,7,9H,3,6,8H2,1-2H3,(H,14,15). The lowest BCUT2D eigenvalue weighted by molar-refractivity contribution is -0.116. The smallest absolute Gasteiger partial charge is 0.231 e. The lowest BCUT2D eigenvalue weighted by Crippen LogP contribution is -2.12. The molecule has 0 bridgehead atoms. The van der Waals surface area contributed by atoms with E-state index in [9.17, 15) is 4.79 Å². The van der Waals surface area contributed by atoms with Crippen molar-refractivity contribution in [3.8, 4) is 11.5 Å². The number of nitrogens with one attached hydrogen (secondary N) is 1. The summed E-state index contributed by atoms with van der Waals surface area (Å²) in [7, 11) is 0. The predicted molar refractivity (Wildman–Crippen MR) is 65.3 cm³/mol. The van der Waals surface area contributed by atoms with E-state index in [0.29, 0.717) is 18.1 Å². The highest BCUT2D eigenvalue weighted by atomic mass is 16.7. The van der Waals surface area contributed by atoms with Gasteiger partial charge in [0.2, 0.25) is 12.7 Å². The van der Waals surface area contributed by atoms with Crippen LogP contribution in [0.1, 0.15) is 26.7 Å². The fourth-order valence-electron chi connectivity index (χ4n) is 1.62. The Bertz CT molecular complexity index is 415. The Morgan fingerprint density at radius 2 is 2.12 bits per heavy atom. The van der Waals surface area contributed by atoms with E-state index in [2.05, 4.69) is 19.2 Å². The molecule has 0 fully saturated rings. The number of carbonyl (C=O) groups is 1. The fourth-order valence-corrected chi connectivity index (χ4v) is 1.62. The Labute approximate surface area is 101 Å². The maximum atomic E-state index is 11.6. The Kier molecular flexibility index (Phi) is 3.52. The summed E-state index contributed by atoms with van der Waals surface area (Å²) < 4.78 is 10.4. The van der Waals surface area contributed by atoms with Gasteiger partial charge in [-0.1, -0.05) is 13.8 Å². The average molecular weight is 235 g/mol. The minimum absolute atomic E-state index is 0.0394. The average Bonchev–Trinajstić information content (AvgIpc) is 2.73. The zero-order valence-electron chi connectivity index (χ0n) is 10.2. The van der Waals surface area contributed by atoms with Gasteiger partial charge in [-0.25, -0.2) is 0 Å². The third kappa shape index (κ3) is 3.12. The Balaban J connectivity index is 1.92. The molecule has 2 rings (SSSR count). The molecule has 1 aliphatic rings. The van der Waals surface area contributed by atoms with Crippen molar-refractivity contribution in [2.24, 2.45) is 5.92 Å².